The summed E-state index contributed by atoms with van der Waals surface area (Å²) < 4.78 is 1.88. The predicted octanol–water partition coefficient (Wildman–Crippen LogP) is 4.79. The van der Waals surface area contributed by atoms with E-state index in [1.807, 2.05) is 61.9 Å². The van der Waals surface area contributed by atoms with Crippen LogP contribution in [-0.2, 0) is 7.05 Å². The SMILES string of the molecule is Cc1ccc(C)c2c(N=Nc3nc4ccccc4n3C)c(O)[nH]c12. The van der Waals surface area contributed by atoms with E-state index < -0.39 is 0 Å². The van der Waals surface area contributed by atoms with Gasteiger partial charge in [0.15, 0.2) is 5.69 Å². The first-order valence-electron chi connectivity index (χ1n) is 7.70. The van der Waals surface area contributed by atoms with Gasteiger partial charge in [-0.3, -0.25) is 0 Å². The molecule has 0 atom stereocenters. The number of H-pyrrole nitrogens is 1. The van der Waals surface area contributed by atoms with Crippen LogP contribution in [0.5, 0.6) is 5.88 Å². The van der Waals surface area contributed by atoms with Gasteiger partial charge in [-0.15, -0.1) is 10.2 Å². The third-order valence-electron chi connectivity index (χ3n) is 4.33. The minimum Gasteiger partial charge on any atom is -0.493 e. The van der Waals surface area contributed by atoms with Gasteiger partial charge in [-0.05, 0) is 37.1 Å². The third kappa shape index (κ3) is 2.07. The van der Waals surface area contributed by atoms with Gasteiger partial charge >= 0.3 is 0 Å². The summed E-state index contributed by atoms with van der Waals surface area (Å²) in [7, 11) is 1.90. The molecule has 0 aliphatic heterocycles. The topological polar surface area (TPSA) is 78.6 Å². The Labute approximate surface area is 138 Å². The second-order valence-corrected chi connectivity index (χ2v) is 5.93. The number of fused-ring (bicyclic) bond motifs is 2. The monoisotopic (exact) mass is 319 g/mol. The van der Waals surface area contributed by atoms with Crippen LogP contribution in [-0.4, -0.2) is 19.6 Å². The number of aromatic hydroxyl groups is 1. The van der Waals surface area contributed by atoms with Gasteiger partial charge in [0, 0.05) is 12.4 Å². The van der Waals surface area contributed by atoms with Crippen LogP contribution in [0.25, 0.3) is 21.9 Å². The standard InChI is InChI=1S/C18H17N5O/c1-10-8-9-11(2)15-14(10)16(17(24)20-15)21-22-18-19-12-6-4-5-7-13(12)23(18)3/h4-9,20,24H,1-3H3. The molecule has 2 N–H and O–H groups in total. The lowest BCUT2D eigenvalue weighted by atomic mass is 10.1. The van der Waals surface area contributed by atoms with Crippen molar-refractivity contribution in [1.29, 1.82) is 0 Å². The van der Waals surface area contributed by atoms with Crippen LogP contribution in [0.15, 0.2) is 46.6 Å². The fourth-order valence-electron chi connectivity index (χ4n) is 2.99. The summed E-state index contributed by atoms with van der Waals surface area (Å²) >= 11 is 0. The lowest BCUT2D eigenvalue weighted by molar-refractivity contribution is 0.459. The second kappa shape index (κ2) is 5.19. The maximum absolute atomic E-state index is 10.2. The van der Waals surface area contributed by atoms with E-state index in [9.17, 15) is 5.11 Å². The highest BCUT2D eigenvalue weighted by Crippen LogP contribution is 2.39. The number of benzene rings is 2. The average Bonchev–Trinajstić information content (AvgIpc) is 3.08. The van der Waals surface area contributed by atoms with Crippen molar-refractivity contribution in [3.05, 3.63) is 47.5 Å². The molecule has 0 saturated heterocycles. The van der Waals surface area contributed by atoms with Gasteiger partial charge in [-0.2, -0.15) is 0 Å². The number of nitrogens with one attached hydrogen (secondary N) is 1. The largest absolute Gasteiger partial charge is 0.493 e. The Kier molecular flexibility index (Phi) is 3.13. The van der Waals surface area contributed by atoms with E-state index in [0.29, 0.717) is 11.6 Å². The molecule has 6 heteroatoms. The Hall–Kier alpha value is -3.15. The maximum atomic E-state index is 10.2. The molecule has 2 heterocycles. The first-order valence-corrected chi connectivity index (χ1v) is 7.70. The molecule has 0 spiro atoms. The second-order valence-electron chi connectivity index (χ2n) is 5.93. The van der Waals surface area contributed by atoms with E-state index in [1.54, 1.807) is 0 Å². The highest BCUT2D eigenvalue weighted by molar-refractivity contribution is 5.98. The summed E-state index contributed by atoms with van der Waals surface area (Å²) in [4.78, 5) is 7.46. The van der Waals surface area contributed by atoms with Crippen molar-refractivity contribution in [2.45, 2.75) is 13.8 Å². The van der Waals surface area contributed by atoms with E-state index in [-0.39, 0.29) is 5.88 Å². The highest BCUT2D eigenvalue weighted by atomic mass is 16.3. The molecule has 24 heavy (non-hydrogen) atoms. The molecular formula is C18H17N5O. The Morgan fingerprint density at radius 1 is 1.04 bits per heavy atom. The summed E-state index contributed by atoms with van der Waals surface area (Å²) in [5.74, 6) is 0.514. The molecule has 0 fully saturated rings. The number of hydrogen-bond acceptors (Lipinski definition) is 4. The van der Waals surface area contributed by atoms with Gasteiger partial charge in [-0.1, -0.05) is 24.3 Å². The van der Waals surface area contributed by atoms with Crippen LogP contribution in [0.4, 0.5) is 11.6 Å². The Morgan fingerprint density at radius 3 is 2.58 bits per heavy atom. The van der Waals surface area contributed by atoms with Crippen molar-refractivity contribution in [2.75, 3.05) is 0 Å². The van der Waals surface area contributed by atoms with Gasteiger partial charge in [-0.25, -0.2) is 4.98 Å². The summed E-state index contributed by atoms with van der Waals surface area (Å²) in [6.45, 7) is 3.98. The molecular weight excluding hydrogens is 302 g/mol. The van der Waals surface area contributed by atoms with Crippen molar-refractivity contribution in [3.63, 3.8) is 0 Å². The van der Waals surface area contributed by atoms with Gasteiger partial charge < -0.3 is 14.7 Å². The van der Waals surface area contributed by atoms with Crippen LogP contribution in [0.1, 0.15) is 11.1 Å². The van der Waals surface area contributed by atoms with Gasteiger partial charge in [0.25, 0.3) is 0 Å². The van der Waals surface area contributed by atoms with E-state index in [4.69, 9.17) is 0 Å². The lowest BCUT2D eigenvalue weighted by Gasteiger charge is -2.00. The van der Waals surface area contributed by atoms with Crippen molar-refractivity contribution >= 4 is 33.6 Å². The summed E-state index contributed by atoms with van der Waals surface area (Å²) in [6, 6.07) is 11.8. The number of aromatic nitrogens is 3. The number of para-hydroxylation sites is 2. The quantitative estimate of drug-likeness (QED) is 0.521. The number of azo groups is 1. The number of hydrogen-bond donors (Lipinski definition) is 2. The van der Waals surface area contributed by atoms with Crippen LogP contribution in [0.3, 0.4) is 0 Å². The molecule has 6 nitrogen and oxygen atoms in total. The normalized spacial score (nSPS) is 12.0. The zero-order valence-corrected chi connectivity index (χ0v) is 13.7. The number of rotatable bonds is 2. The molecule has 4 aromatic rings. The highest BCUT2D eigenvalue weighted by Gasteiger charge is 2.15. The van der Waals surface area contributed by atoms with E-state index in [0.717, 1.165) is 33.1 Å². The van der Waals surface area contributed by atoms with E-state index in [2.05, 4.69) is 20.2 Å². The van der Waals surface area contributed by atoms with Crippen molar-refractivity contribution in [3.8, 4) is 5.88 Å². The van der Waals surface area contributed by atoms with Crippen LogP contribution >= 0.6 is 0 Å². The van der Waals surface area contributed by atoms with Crippen molar-refractivity contribution < 1.29 is 5.11 Å². The summed E-state index contributed by atoms with van der Waals surface area (Å²) in [5.41, 5.74) is 5.26. The van der Waals surface area contributed by atoms with Crippen LogP contribution in [0, 0.1) is 13.8 Å². The van der Waals surface area contributed by atoms with Crippen molar-refractivity contribution in [2.24, 2.45) is 17.3 Å². The Morgan fingerprint density at radius 2 is 1.79 bits per heavy atom. The summed E-state index contributed by atoms with van der Waals surface area (Å²) in [6.07, 6.45) is 0. The molecule has 2 aromatic heterocycles. The molecule has 0 bridgehead atoms. The zero-order valence-electron chi connectivity index (χ0n) is 13.7. The first kappa shape index (κ1) is 14.4. The fraction of sp³-hybridized carbons (Fsp3) is 0.167. The third-order valence-corrected chi connectivity index (χ3v) is 4.33. The predicted molar refractivity (Wildman–Crippen MR) is 94.3 cm³/mol. The van der Waals surface area contributed by atoms with E-state index >= 15 is 0 Å². The fourth-order valence-corrected chi connectivity index (χ4v) is 2.99. The average molecular weight is 319 g/mol. The molecule has 0 aliphatic rings. The van der Waals surface area contributed by atoms with Crippen LogP contribution in [0.2, 0.25) is 0 Å². The molecule has 4 rings (SSSR count). The van der Waals surface area contributed by atoms with Gasteiger partial charge in [0.05, 0.1) is 16.6 Å². The molecule has 2 aromatic carbocycles. The lowest BCUT2D eigenvalue weighted by Crippen LogP contribution is -1.85. The molecule has 0 saturated carbocycles. The summed E-state index contributed by atoms with van der Waals surface area (Å²) in [5, 5.41) is 19.7. The smallest absolute Gasteiger partial charge is 0.250 e. The number of imidazole rings is 1. The Bertz CT molecular complexity index is 1100. The first-order chi connectivity index (χ1) is 11.6. The number of aromatic amines is 1. The Balaban J connectivity index is 1.87. The molecule has 0 aliphatic carbocycles. The molecule has 0 radical (unpaired) electrons. The molecule has 0 amide bonds. The number of nitrogens with zero attached hydrogens (tertiary/aromatic N) is 4. The molecule has 120 valence electrons. The zero-order chi connectivity index (χ0) is 16.8. The van der Waals surface area contributed by atoms with Gasteiger partial charge in [0.2, 0.25) is 11.8 Å². The minimum atomic E-state index is 0.0184. The minimum absolute atomic E-state index is 0.0184. The number of aryl methyl sites for hydroxylation is 3. The van der Waals surface area contributed by atoms with Crippen LogP contribution < -0.4 is 0 Å². The van der Waals surface area contributed by atoms with E-state index in [1.165, 1.54) is 0 Å². The van der Waals surface area contributed by atoms with Crippen molar-refractivity contribution in [1.82, 2.24) is 14.5 Å². The van der Waals surface area contributed by atoms with Gasteiger partial charge in [0.1, 0.15) is 0 Å². The molecule has 0 unspecified atom stereocenters. The maximum Gasteiger partial charge on any atom is 0.250 e.